The van der Waals surface area contributed by atoms with Gasteiger partial charge in [-0.1, -0.05) is 42.5 Å². The van der Waals surface area contributed by atoms with Crippen LogP contribution >= 0.6 is 12.2 Å². The SMILES string of the molecule is Cc1cc2cc(CN(Cc3ccc(F)cc3)C(=S)N[C@@H](C)c3ccccc3)c(=O)[nH]c2cc1C. The quantitative estimate of drug-likeness (QED) is 0.341. The van der Waals surface area contributed by atoms with Gasteiger partial charge in [-0.2, -0.15) is 0 Å². The third-order valence-electron chi connectivity index (χ3n) is 6.11. The van der Waals surface area contributed by atoms with E-state index in [2.05, 4.69) is 23.3 Å². The summed E-state index contributed by atoms with van der Waals surface area (Å²) < 4.78 is 13.5. The molecule has 1 heterocycles. The summed E-state index contributed by atoms with van der Waals surface area (Å²) in [4.78, 5) is 17.9. The molecule has 4 aromatic rings. The van der Waals surface area contributed by atoms with Gasteiger partial charge in [-0.05, 0) is 91.0 Å². The van der Waals surface area contributed by atoms with Crippen LogP contribution in [0.15, 0.2) is 77.6 Å². The molecule has 6 heteroatoms. The lowest BCUT2D eigenvalue weighted by atomic mass is 10.0. The maximum Gasteiger partial charge on any atom is 0.253 e. The second-order valence-corrected chi connectivity index (χ2v) is 9.10. The predicted octanol–water partition coefficient (Wildman–Crippen LogP) is 5.92. The van der Waals surface area contributed by atoms with Crippen molar-refractivity contribution in [2.24, 2.45) is 0 Å². The molecule has 0 aliphatic rings. The van der Waals surface area contributed by atoms with Gasteiger partial charge in [0.25, 0.3) is 5.56 Å². The first-order chi connectivity index (χ1) is 16.3. The lowest BCUT2D eigenvalue weighted by Gasteiger charge is -2.28. The van der Waals surface area contributed by atoms with Crippen molar-refractivity contribution in [2.45, 2.75) is 39.9 Å². The van der Waals surface area contributed by atoms with E-state index in [-0.39, 0.29) is 17.4 Å². The molecular weight excluding hydrogens is 445 g/mol. The lowest BCUT2D eigenvalue weighted by Crippen LogP contribution is -2.41. The average Bonchev–Trinajstić information content (AvgIpc) is 2.82. The Morgan fingerprint density at radius 2 is 1.68 bits per heavy atom. The molecule has 174 valence electrons. The number of hydrogen-bond donors (Lipinski definition) is 2. The molecule has 0 saturated carbocycles. The van der Waals surface area contributed by atoms with Crippen molar-refractivity contribution < 1.29 is 4.39 Å². The second-order valence-electron chi connectivity index (χ2n) is 8.71. The van der Waals surface area contributed by atoms with Gasteiger partial charge in [-0.25, -0.2) is 4.39 Å². The fraction of sp³-hybridized carbons (Fsp3) is 0.214. The zero-order chi connectivity index (χ0) is 24.2. The zero-order valence-electron chi connectivity index (χ0n) is 19.6. The normalized spacial score (nSPS) is 11.9. The summed E-state index contributed by atoms with van der Waals surface area (Å²) in [5.74, 6) is -0.287. The first-order valence-electron chi connectivity index (χ1n) is 11.3. The Balaban J connectivity index is 1.64. The molecule has 1 aromatic heterocycles. The number of aromatic nitrogens is 1. The van der Waals surface area contributed by atoms with Crippen molar-refractivity contribution in [2.75, 3.05) is 0 Å². The van der Waals surface area contributed by atoms with Crippen LogP contribution in [0.1, 0.15) is 40.8 Å². The highest BCUT2D eigenvalue weighted by molar-refractivity contribution is 7.80. The lowest BCUT2D eigenvalue weighted by molar-refractivity contribution is 0.392. The predicted molar refractivity (Wildman–Crippen MR) is 140 cm³/mol. The van der Waals surface area contributed by atoms with Crippen LogP contribution in [-0.4, -0.2) is 15.0 Å². The molecule has 4 rings (SSSR count). The topological polar surface area (TPSA) is 48.1 Å². The van der Waals surface area contributed by atoms with Crippen molar-refractivity contribution in [1.29, 1.82) is 0 Å². The van der Waals surface area contributed by atoms with Gasteiger partial charge in [-0.15, -0.1) is 0 Å². The van der Waals surface area contributed by atoms with E-state index in [1.165, 1.54) is 17.7 Å². The number of benzene rings is 3. The van der Waals surface area contributed by atoms with E-state index in [0.717, 1.165) is 27.6 Å². The number of nitrogens with zero attached hydrogens (tertiary/aromatic N) is 1. The van der Waals surface area contributed by atoms with E-state index in [4.69, 9.17) is 12.2 Å². The van der Waals surface area contributed by atoms with Gasteiger partial charge in [0.2, 0.25) is 0 Å². The minimum Gasteiger partial charge on any atom is -0.356 e. The van der Waals surface area contributed by atoms with Crippen molar-refractivity contribution in [3.8, 4) is 0 Å². The van der Waals surface area contributed by atoms with Gasteiger partial charge in [0, 0.05) is 17.6 Å². The summed E-state index contributed by atoms with van der Waals surface area (Å²) in [6.45, 7) is 6.90. The van der Waals surface area contributed by atoms with E-state index in [1.807, 2.05) is 61.2 Å². The smallest absolute Gasteiger partial charge is 0.253 e. The third kappa shape index (κ3) is 5.51. The molecule has 0 aliphatic carbocycles. The number of hydrogen-bond acceptors (Lipinski definition) is 2. The second kappa shape index (κ2) is 10.2. The first kappa shape index (κ1) is 23.6. The Hall–Kier alpha value is -3.51. The Morgan fingerprint density at radius 3 is 2.38 bits per heavy atom. The van der Waals surface area contributed by atoms with Gasteiger partial charge < -0.3 is 15.2 Å². The maximum atomic E-state index is 13.5. The van der Waals surface area contributed by atoms with Crippen LogP contribution in [0.2, 0.25) is 0 Å². The van der Waals surface area contributed by atoms with Crippen molar-refractivity contribution in [3.63, 3.8) is 0 Å². The van der Waals surface area contributed by atoms with Crippen LogP contribution in [0.4, 0.5) is 4.39 Å². The average molecular weight is 474 g/mol. The number of rotatable bonds is 6. The van der Waals surface area contributed by atoms with E-state index < -0.39 is 0 Å². The van der Waals surface area contributed by atoms with E-state index >= 15 is 0 Å². The summed E-state index contributed by atoms with van der Waals surface area (Å²) in [6.07, 6.45) is 0. The van der Waals surface area contributed by atoms with Crippen molar-refractivity contribution in [3.05, 3.63) is 117 Å². The molecule has 4 nitrogen and oxygen atoms in total. The standard InChI is InChI=1S/C28H28FN3OS/c1-18-13-23-15-24(27(33)31-26(23)14-19(18)2)17-32(16-21-9-11-25(29)12-10-21)28(34)30-20(3)22-7-5-4-6-8-22/h4-15,20H,16-17H2,1-3H3,(H,30,34)(H,31,33)/t20-/m0/s1. The third-order valence-corrected chi connectivity index (χ3v) is 6.49. The van der Waals surface area contributed by atoms with Gasteiger partial charge in [-0.3, -0.25) is 4.79 Å². The summed E-state index contributed by atoms with van der Waals surface area (Å²) >= 11 is 5.78. The zero-order valence-corrected chi connectivity index (χ0v) is 20.4. The van der Waals surface area contributed by atoms with E-state index in [1.54, 1.807) is 12.1 Å². The van der Waals surface area contributed by atoms with E-state index in [9.17, 15) is 9.18 Å². The van der Waals surface area contributed by atoms with Crippen LogP contribution in [0.3, 0.4) is 0 Å². The highest BCUT2D eigenvalue weighted by Gasteiger charge is 2.17. The number of halogens is 1. The highest BCUT2D eigenvalue weighted by atomic mass is 32.1. The minimum atomic E-state index is -0.287. The Kier molecular flexibility index (Phi) is 7.08. The number of aryl methyl sites for hydroxylation is 2. The molecule has 0 spiro atoms. The molecule has 0 radical (unpaired) electrons. The molecule has 3 aromatic carbocycles. The van der Waals surface area contributed by atoms with Gasteiger partial charge >= 0.3 is 0 Å². The fourth-order valence-corrected chi connectivity index (χ4v) is 4.26. The molecule has 2 N–H and O–H groups in total. The number of aromatic amines is 1. The molecule has 0 saturated heterocycles. The van der Waals surface area contributed by atoms with Gasteiger partial charge in [0.15, 0.2) is 5.11 Å². The largest absolute Gasteiger partial charge is 0.356 e. The number of thiocarbonyl (C=S) groups is 1. The molecule has 0 bridgehead atoms. The van der Waals surface area contributed by atoms with Crippen LogP contribution in [0.5, 0.6) is 0 Å². The molecule has 0 fully saturated rings. The van der Waals surface area contributed by atoms with Crippen LogP contribution < -0.4 is 10.9 Å². The van der Waals surface area contributed by atoms with Gasteiger partial charge in [0.05, 0.1) is 12.6 Å². The highest BCUT2D eigenvalue weighted by Crippen LogP contribution is 2.19. The molecule has 1 atom stereocenters. The van der Waals surface area contributed by atoms with E-state index in [0.29, 0.717) is 23.8 Å². The monoisotopic (exact) mass is 473 g/mol. The number of fused-ring (bicyclic) bond motifs is 1. The fourth-order valence-electron chi connectivity index (χ4n) is 3.96. The Labute approximate surface area is 204 Å². The van der Waals surface area contributed by atoms with Crippen molar-refractivity contribution in [1.82, 2.24) is 15.2 Å². The van der Waals surface area contributed by atoms with Crippen molar-refractivity contribution >= 4 is 28.2 Å². The summed E-state index contributed by atoms with van der Waals surface area (Å²) in [5.41, 5.74) is 5.62. The Morgan fingerprint density at radius 1 is 1.00 bits per heavy atom. The Bertz CT molecular complexity index is 1370. The summed E-state index contributed by atoms with van der Waals surface area (Å²) in [7, 11) is 0. The molecular formula is C28H28FN3OS. The number of nitrogens with one attached hydrogen (secondary N) is 2. The first-order valence-corrected chi connectivity index (χ1v) is 11.7. The van der Waals surface area contributed by atoms with Crippen LogP contribution in [-0.2, 0) is 13.1 Å². The molecule has 0 amide bonds. The molecule has 0 aliphatic heterocycles. The minimum absolute atomic E-state index is 0.00932. The maximum absolute atomic E-state index is 13.5. The summed E-state index contributed by atoms with van der Waals surface area (Å²) in [5, 5.41) is 4.90. The summed E-state index contributed by atoms with van der Waals surface area (Å²) in [6, 6.07) is 22.4. The molecule has 0 unspecified atom stereocenters. The number of H-pyrrole nitrogens is 1. The number of pyridine rings is 1. The van der Waals surface area contributed by atoms with Crippen LogP contribution in [0.25, 0.3) is 10.9 Å². The van der Waals surface area contributed by atoms with Gasteiger partial charge in [0.1, 0.15) is 5.82 Å². The van der Waals surface area contributed by atoms with Crippen LogP contribution in [0, 0.1) is 19.7 Å². The molecule has 34 heavy (non-hydrogen) atoms.